The van der Waals surface area contributed by atoms with Crippen LogP contribution in [0.1, 0.15) is 173 Å². The Kier molecular flexibility index (Phi) is 32.4. The summed E-state index contributed by atoms with van der Waals surface area (Å²) in [6.45, 7) is 15.2. The van der Waals surface area contributed by atoms with Gasteiger partial charge in [0.25, 0.3) is 0 Å². The van der Waals surface area contributed by atoms with Crippen LogP contribution in [0.3, 0.4) is 0 Å². The standard InChI is InChI=1S/2C29H37.2ClH.2Zr/c2*1-3-5-7-9-11-13-15-24-17-19-28-26(21-24)23-27-22-25(18-20-29(27)28)16-14-12-10-8-6-4-2;;;;/h2*3-4,17-21H,1-2,5-16,23H2;2*1H;;/q2*-1;;;2*+2/p-2. The molecule has 328 valence electrons. The molecule has 2 aliphatic carbocycles. The third-order valence-electron chi connectivity index (χ3n) is 12.3. The SMILES string of the molecule is C=CCCCCCCc1[c-]c2c(cc1)-c1ccc(CCCCCCC=C)cc1C2.C=CCCCCCCc1[c-]c2c(cc1)-c1ccc(CCCCCCC=C)cc1C2.[Cl-].[Cl-].[Zr+2].[Zr+2]. The van der Waals surface area contributed by atoms with Crippen LogP contribution in [0.2, 0.25) is 0 Å². The fourth-order valence-corrected chi connectivity index (χ4v) is 8.91. The zero-order valence-corrected chi connectivity index (χ0v) is 44.5. The quantitative estimate of drug-likeness (QED) is 0.0261. The summed E-state index contributed by atoms with van der Waals surface area (Å²) in [6, 6.07) is 31.0. The van der Waals surface area contributed by atoms with Gasteiger partial charge in [-0.15, -0.1) is 48.6 Å². The molecule has 0 unspecified atom stereocenters. The van der Waals surface area contributed by atoms with E-state index >= 15 is 0 Å². The van der Waals surface area contributed by atoms with E-state index in [0.29, 0.717) is 0 Å². The van der Waals surface area contributed by atoms with Gasteiger partial charge in [-0.05, 0) is 112 Å². The van der Waals surface area contributed by atoms with Crippen LogP contribution in [0.25, 0.3) is 22.3 Å². The van der Waals surface area contributed by atoms with Crippen LogP contribution in [0.4, 0.5) is 0 Å². The minimum Gasteiger partial charge on any atom is -1.00 e. The molecule has 0 fully saturated rings. The van der Waals surface area contributed by atoms with Crippen molar-refractivity contribution in [3.63, 3.8) is 0 Å². The molecule has 2 aliphatic rings. The largest absolute Gasteiger partial charge is 2.00 e. The first kappa shape index (κ1) is 58.2. The van der Waals surface area contributed by atoms with Crippen molar-refractivity contribution >= 4 is 0 Å². The molecule has 62 heavy (non-hydrogen) atoms. The second kappa shape index (κ2) is 34.5. The molecule has 0 aliphatic heterocycles. The summed E-state index contributed by atoms with van der Waals surface area (Å²) in [7, 11) is 0. The van der Waals surface area contributed by atoms with Crippen molar-refractivity contribution in [2.75, 3.05) is 0 Å². The summed E-state index contributed by atoms with van der Waals surface area (Å²) in [5.74, 6) is 0. The smallest absolute Gasteiger partial charge is 1.00 e. The van der Waals surface area contributed by atoms with Crippen molar-refractivity contribution in [3.05, 3.63) is 168 Å². The Labute approximate surface area is 430 Å². The van der Waals surface area contributed by atoms with E-state index < -0.39 is 0 Å². The molecule has 4 aromatic carbocycles. The van der Waals surface area contributed by atoms with Gasteiger partial charge in [0.05, 0.1) is 0 Å². The van der Waals surface area contributed by atoms with Crippen molar-refractivity contribution in [1.29, 1.82) is 0 Å². The number of fused-ring (bicyclic) bond motifs is 6. The molecular weight excluding hydrogens is 950 g/mol. The molecule has 0 amide bonds. The van der Waals surface area contributed by atoms with Gasteiger partial charge < -0.3 is 24.8 Å². The average molecular weight is 1020 g/mol. The number of hydrogen-bond acceptors (Lipinski definition) is 0. The Balaban J connectivity index is 0.000000582. The van der Waals surface area contributed by atoms with E-state index in [-0.39, 0.29) is 77.2 Å². The van der Waals surface area contributed by atoms with Crippen LogP contribution >= 0.6 is 0 Å². The van der Waals surface area contributed by atoms with E-state index in [1.165, 1.54) is 182 Å². The zero-order chi connectivity index (χ0) is 40.6. The van der Waals surface area contributed by atoms with E-state index in [4.69, 9.17) is 0 Å². The van der Waals surface area contributed by atoms with Crippen molar-refractivity contribution in [1.82, 2.24) is 0 Å². The molecule has 6 rings (SSSR count). The van der Waals surface area contributed by atoms with E-state index in [0.717, 1.165) is 51.4 Å². The Bertz CT molecular complexity index is 1620. The van der Waals surface area contributed by atoms with E-state index in [9.17, 15) is 0 Å². The minimum atomic E-state index is 0. The molecule has 0 atom stereocenters. The van der Waals surface area contributed by atoms with Crippen molar-refractivity contribution in [2.24, 2.45) is 0 Å². The molecule has 0 radical (unpaired) electrons. The van der Waals surface area contributed by atoms with Gasteiger partial charge in [0, 0.05) is 0 Å². The molecule has 0 heterocycles. The molecule has 0 N–H and O–H groups in total. The van der Waals surface area contributed by atoms with Gasteiger partial charge in [0.15, 0.2) is 0 Å². The summed E-state index contributed by atoms with van der Waals surface area (Å²) < 4.78 is 0. The van der Waals surface area contributed by atoms with Crippen LogP contribution < -0.4 is 24.8 Å². The van der Waals surface area contributed by atoms with Gasteiger partial charge in [-0.2, -0.15) is 47.5 Å². The summed E-state index contributed by atoms with van der Waals surface area (Å²) >= 11 is 0. The van der Waals surface area contributed by atoms with Crippen molar-refractivity contribution in [2.45, 2.75) is 167 Å². The zero-order valence-electron chi connectivity index (χ0n) is 38.1. The number of allylic oxidation sites excluding steroid dienone is 4. The second-order valence-corrected chi connectivity index (χ2v) is 17.1. The molecule has 0 aromatic heterocycles. The Morgan fingerprint density at radius 1 is 0.371 bits per heavy atom. The average Bonchev–Trinajstić information content (AvgIpc) is 3.79. The number of benzene rings is 4. The number of rotatable bonds is 28. The number of hydrogen-bond donors (Lipinski definition) is 0. The van der Waals surface area contributed by atoms with Crippen LogP contribution in [-0.2, 0) is 90.9 Å². The number of aryl methyl sites for hydroxylation is 4. The summed E-state index contributed by atoms with van der Waals surface area (Å²) in [6.07, 6.45) is 40.5. The summed E-state index contributed by atoms with van der Waals surface area (Å²) in [4.78, 5) is 0. The van der Waals surface area contributed by atoms with Crippen molar-refractivity contribution in [3.8, 4) is 22.3 Å². The normalized spacial score (nSPS) is 11.1. The van der Waals surface area contributed by atoms with Crippen LogP contribution in [0.5, 0.6) is 0 Å². The molecule has 4 aromatic rings. The van der Waals surface area contributed by atoms with Gasteiger partial charge >= 0.3 is 52.4 Å². The first-order valence-electron chi connectivity index (χ1n) is 23.4. The Morgan fingerprint density at radius 3 is 1.02 bits per heavy atom. The maximum atomic E-state index is 3.80. The predicted molar refractivity (Wildman–Crippen MR) is 255 cm³/mol. The maximum absolute atomic E-state index is 3.80. The molecule has 4 heteroatoms. The summed E-state index contributed by atoms with van der Waals surface area (Å²) in [5.41, 5.74) is 17.3. The molecular formula is C58H74Cl2Zr2. The fraction of sp³-hybridized carbons (Fsp3) is 0.448. The topological polar surface area (TPSA) is 0 Å². The van der Waals surface area contributed by atoms with Crippen molar-refractivity contribution < 1.29 is 77.2 Å². The van der Waals surface area contributed by atoms with Gasteiger partial charge in [0.2, 0.25) is 0 Å². The van der Waals surface area contributed by atoms with Crippen LogP contribution in [0, 0.1) is 12.1 Å². The third kappa shape index (κ3) is 19.7. The van der Waals surface area contributed by atoms with E-state index in [1.807, 2.05) is 24.3 Å². The van der Waals surface area contributed by atoms with Gasteiger partial charge in [0.1, 0.15) is 0 Å². The molecule has 0 saturated carbocycles. The van der Waals surface area contributed by atoms with E-state index in [2.05, 4.69) is 99.1 Å². The first-order valence-corrected chi connectivity index (χ1v) is 23.4. The van der Waals surface area contributed by atoms with Gasteiger partial charge in [-0.25, -0.2) is 0 Å². The Hall–Kier alpha value is -1.81. The molecule has 0 spiro atoms. The monoisotopic (exact) mass is 1020 g/mol. The maximum Gasteiger partial charge on any atom is 2.00 e. The minimum absolute atomic E-state index is 0. The van der Waals surface area contributed by atoms with E-state index in [1.54, 1.807) is 0 Å². The summed E-state index contributed by atoms with van der Waals surface area (Å²) in [5, 5.41) is 0. The Morgan fingerprint density at radius 2 is 0.677 bits per heavy atom. The van der Waals surface area contributed by atoms with Gasteiger partial charge in [-0.3, -0.25) is 0 Å². The second-order valence-electron chi connectivity index (χ2n) is 17.1. The number of halogens is 2. The predicted octanol–water partition coefficient (Wildman–Crippen LogP) is 10.8. The molecule has 0 saturated heterocycles. The molecule has 0 bridgehead atoms. The number of unbranched alkanes of at least 4 members (excludes halogenated alkanes) is 16. The van der Waals surface area contributed by atoms with Crippen LogP contribution in [-0.4, -0.2) is 0 Å². The molecule has 0 nitrogen and oxygen atoms in total. The third-order valence-corrected chi connectivity index (χ3v) is 12.3. The first-order chi connectivity index (χ1) is 28.6. The van der Waals surface area contributed by atoms with Gasteiger partial charge in [-0.1, -0.05) is 149 Å². The fourth-order valence-electron chi connectivity index (χ4n) is 8.91. The van der Waals surface area contributed by atoms with Crippen LogP contribution in [0.15, 0.2) is 111 Å².